The minimum Gasteiger partial charge on any atom is -0.380 e. The third-order valence-corrected chi connectivity index (χ3v) is 3.98. The number of ether oxygens (including phenoxy) is 1. The number of anilines is 1. The quantitative estimate of drug-likeness (QED) is 0.682. The molecule has 1 fully saturated rings. The topological polar surface area (TPSA) is 64.4 Å². The van der Waals surface area contributed by atoms with E-state index >= 15 is 0 Å². The van der Waals surface area contributed by atoms with Gasteiger partial charge in [-0.25, -0.2) is 4.39 Å². The van der Waals surface area contributed by atoms with E-state index in [1.54, 1.807) is 0 Å². The summed E-state index contributed by atoms with van der Waals surface area (Å²) in [7, 11) is 0. The van der Waals surface area contributed by atoms with Crippen LogP contribution in [0.5, 0.6) is 0 Å². The summed E-state index contributed by atoms with van der Waals surface area (Å²) < 4.78 is 19.8. The third kappa shape index (κ3) is 3.65. The van der Waals surface area contributed by atoms with Gasteiger partial charge in [-0.3, -0.25) is 10.1 Å². The Morgan fingerprint density at radius 3 is 2.70 bits per heavy atom. The van der Waals surface area contributed by atoms with Gasteiger partial charge in [-0.1, -0.05) is 30.3 Å². The van der Waals surface area contributed by atoms with Crippen molar-refractivity contribution in [2.24, 2.45) is 0 Å². The van der Waals surface area contributed by atoms with Gasteiger partial charge in [0.1, 0.15) is 0 Å². The van der Waals surface area contributed by atoms with Gasteiger partial charge in [0.15, 0.2) is 5.82 Å². The number of hydrogen-bond donors (Lipinski definition) is 1. The lowest BCUT2D eigenvalue weighted by Crippen LogP contribution is -2.30. The van der Waals surface area contributed by atoms with Crippen molar-refractivity contribution in [1.29, 1.82) is 0 Å². The molecular weight excluding hydrogens is 299 g/mol. The van der Waals surface area contributed by atoms with Gasteiger partial charge in [-0.15, -0.1) is 0 Å². The summed E-state index contributed by atoms with van der Waals surface area (Å²) in [5.74, 6) is -0.609. The summed E-state index contributed by atoms with van der Waals surface area (Å²) in [4.78, 5) is 10.1. The van der Waals surface area contributed by atoms with Crippen LogP contribution in [0.4, 0.5) is 15.8 Å². The van der Waals surface area contributed by atoms with Gasteiger partial charge in [-0.05, 0) is 24.5 Å². The van der Waals surface area contributed by atoms with Gasteiger partial charge in [-0.2, -0.15) is 0 Å². The zero-order valence-corrected chi connectivity index (χ0v) is 12.4. The molecule has 1 heterocycles. The first-order valence-corrected chi connectivity index (χ1v) is 7.50. The maximum atomic E-state index is 14.0. The zero-order chi connectivity index (χ0) is 16.2. The van der Waals surface area contributed by atoms with Crippen molar-refractivity contribution in [3.05, 3.63) is 70.0 Å². The molecule has 2 aromatic rings. The first-order valence-electron chi connectivity index (χ1n) is 7.50. The lowest BCUT2D eigenvalue weighted by Gasteiger charge is -2.31. The number of nitrogens with one attached hydrogen (secondary N) is 1. The number of non-ortho nitro benzene ring substituents is 1. The smallest absolute Gasteiger partial charge is 0.272 e. The van der Waals surface area contributed by atoms with Crippen LogP contribution in [0.15, 0.2) is 48.5 Å². The summed E-state index contributed by atoms with van der Waals surface area (Å²) in [6, 6.07) is 13.6. The van der Waals surface area contributed by atoms with E-state index in [2.05, 4.69) is 5.32 Å². The minimum atomic E-state index is -0.609. The average Bonchev–Trinajstić information content (AvgIpc) is 2.57. The summed E-state index contributed by atoms with van der Waals surface area (Å²) in [5.41, 5.74) is 1.14. The van der Waals surface area contributed by atoms with Crippen LogP contribution < -0.4 is 5.32 Å². The Labute approximate surface area is 133 Å². The number of nitro benzene ring substituents is 1. The average molecular weight is 316 g/mol. The van der Waals surface area contributed by atoms with E-state index in [1.807, 2.05) is 30.3 Å². The Kier molecular flexibility index (Phi) is 4.52. The van der Waals surface area contributed by atoms with E-state index in [1.165, 1.54) is 12.1 Å². The fourth-order valence-electron chi connectivity index (χ4n) is 2.78. The fourth-order valence-corrected chi connectivity index (χ4v) is 2.78. The fraction of sp³-hybridized carbons (Fsp3) is 0.294. The second-order valence-corrected chi connectivity index (χ2v) is 5.56. The second kappa shape index (κ2) is 6.75. The van der Waals surface area contributed by atoms with Crippen molar-refractivity contribution in [2.75, 3.05) is 11.9 Å². The van der Waals surface area contributed by atoms with E-state index < -0.39 is 10.7 Å². The first-order chi connectivity index (χ1) is 11.1. The molecule has 3 rings (SSSR count). The molecule has 2 atom stereocenters. The van der Waals surface area contributed by atoms with E-state index in [0.717, 1.165) is 24.5 Å². The SMILES string of the molecule is O=[N+]([O-])c1ccc(NC2CCOC(c3ccccc3)C2)c(F)c1. The molecule has 6 heteroatoms. The van der Waals surface area contributed by atoms with Gasteiger partial charge in [0.05, 0.1) is 22.8 Å². The number of nitrogens with zero attached hydrogens (tertiary/aromatic N) is 1. The van der Waals surface area contributed by atoms with Crippen molar-refractivity contribution in [3.63, 3.8) is 0 Å². The molecule has 0 spiro atoms. The predicted octanol–water partition coefficient (Wildman–Crippen LogP) is 4.07. The number of hydrogen-bond acceptors (Lipinski definition) is 4. The molecular formula is C17H17FN2O3. The highest BCUT2D eigenvalue weighted by molar-refractivity contribution is 5.50. The molecule has 0 amide bonds. The number of benzene rings is 2. The van der Waals surface area contributed by atoms with Crippen molar-refractivity contribution in [2.45, 2.75) is 25.0 Å². The summed E-state index contributed by atoms with van der Waals surface area (Å²) in [6.45, 7) is 0.589. The van der Waals surface area contributed by atoms with E-state index in [0.29, 0.717) is 6.61 Å². The highest BCUT2D eigenvalue weighted by Crippen LogP contribution is 2.30. The molecule has 0 radical (unpaired) electrons. The van der Waals surface area contributed by atoms with Crippen LogP contribution in [0.1, 0.15) is 24.5 Å². The Hall–Kier alpha value is -2.47. The van der Waals surface area contributed by atoms with Crippen LogP contribution in [0.2, 0.25) is 0 Å². The standard InChI is InChI=1S/C17H17FN2O3/c18-15-11-14(20(21)22)6-7-16(15)19-13-8-9-23-17(10-13)12-4-2-1-3-5-12/h1-7,11,13,17,19H,8-10H2. The molecule has 1 saturated heterocycles. The molecule has 2 aromatic carbocycles. The van der Waals surface area contributed by atoms with Crippen LogP contribution in [0.3, 0.4) is 0 Å². The zero-order valence-electron chi connectivity index (χ0n) is 12.4. The second-order valence-electron chi connectivity index (χ2n) is 5.56. The van der Waals surface area contributed by atoms with E-state index in [-0.39, 0.29) is 23.5 Å². The Balaban J connectivity index is 1.69. The molecule has 0 aliphatic carbocycles. The largest absolute Gasteiger partial charge is 0.380 e. The summed E-state index contributed by atoms with van der Waals surface area (Å²) >= 11 is 0. The van der Waals surface area contributed by atoms with Crippen molar-refractivity contribution in [1.82, 2.24) is 0 Å². The molecule has 0 saturated carbocycles. The highest BCUT2D eigenvalue weighted by Gasteiger charge is 2.24. The predicted molar refractivity (Wildman–Crippen MR) is 84.8 cm³/mol. The number of nitro groups is 1. The third-order valence-electron chi connectivity index (χ3n) is 3.98. The molecule has 0 aromatic heterocycles. The Morgan fingerprint density at radius 1 is 1.22 bits per heavy atom. The van der Waals surface area contributed by atoms with Gasteiger partial charge in [0.25, 0.3) is 5.69 Å². The van der Waals surface area contributed by atoms with Gasteiger partial charge >= 0.3 is 0 Å². The molecule has 2 unspecified atom stereocenters. The summed E-state index contributed by atoms with van der Waals surface area (Å²) in [6.07, 6.45) is 1.46. The van der Waals surface area contributed by atoms with Crippen LogP contribution in [-0.2, 0) is 4.74 Å². The molecule has 0 bridgehead atoms. The maximum Gasteiger partial charge on any atom is 0.272 e. The molecule has 23 heavy (non-hydrogen) atoms. The number of halogens is 1. The van der Waals surface area contributed by atoms with Crippen molar-refractivity contribution < 1.29 is 14.1 Å². The first kappa shape index (κ1) is 15.4. The van der Waals surface area contributed by atoms with Gasteiger partial charge < -0.3 is 10.1 Å². The molecule has 1 aliphatic heterocycles. The lowest BCUT2D eigenvalue weighted by molar-refractivity contribution is -0.385. The Bertz CT molecular complexity index is 693. The highest BCUT2D eigenvalue weighted by atomic mass is 19.1. The van der Waals surface area contributed by atoms with E-state index in [9.17, 15) is 14.5 Å². The van der Waals surface area contributed by atoms with Gasteiger partial charge in [0, 0.05) is 18.7 Å². The molecule has 5 nitrogen and oxygen atoms in total. The number of rotatable bonds is 4. The Morgan fingerprint density at radius 2 is 2.00 bits per heavy atom. The summed E-state index contributed by atoms with van der Waals surface area (Å²) in [5, 5.41) is 13.8. The van der Waals surface area contributed by atoms with Crippen LogP contribution in [-0.4, -0.2) is 17.6 Å². The minimum absolute atomic E-state index is 0.0245. The molecule has 120 valence electrons. The molecule has 1 N–H and O–H groups in total. The van der Waals surface area contributed by atoms with Crippen LogP contribution in [0.25, 0.3) is 0 Å². The van der Waals surface area contributed by atoms with E-state index in [4.69, 9.17) is 4.74 Å². The normalized spacial score (nSPS) is 20.9. The van der Waals surface area contributed by atoms with Gasteiger partial charge in [0.2, 0.25) is 0 Å². The van der Waals surface area contributed by atoms with Crippen LogP contribution in [0, 0.1) is 15.9 Å². The monoisotopic (exact) mass is 316 g/mol. The molecule has 1 aliphatic rings. The van der Waals surface area contributed by atoms with Crippen LogP contribution >= 0.6 is 0 Å². The maximum absolute atomic E-state index is 14.0. The van der Waals surface area contributed by atoms with Crippen molar-refractivity contribution in [3.8, 4) is 0 Å². The van der Waals surface area contributed by atoms with Crippen molar-refractivity contribution >= 4 is 11.4 Å². The lowest BCUT2D eigenvalue weighted by atomic mass is 9.97.